The third-order valence-electron chi connectivity index (χ3n) is 3.10. The van der Waals surface area contributed by atoms with Gasteiger partial charge in [-0.2, -0.15) is 0 Å². The number of rotatable bonds is 18. The fourth-order valence-electron chi connectivity index (χ4n) is 1.73. The summed E-state index contributed by atoms with van der Waals surface area (Å²) in [6.07, 6.45) is -0.381. The monoisotopic (exact) mass is 414 g/mol. The van der Waals surface area contributed by atoms with Crippen LogP contribution in [-0.2, 0) is 28.4 Å². The molecule has 0 saturated heterocycles. The van der Waals surface area contributed by atoms with Crippen LogP contribution in [0.3, 0.4) is 0 Å². The van der Waals surface area contributed by atoms with Gasteiger partial charge in [0, 0.05) is 7.11 Å². The van der Waals surface area contributed by atoms with Crippen molar-refractivity contribution in [1.82, 2.24) is 0 Å². The number of methoxy groups -OCH3 is 1. The molecule has 28 heavy (non-hydrogen) atoms. The van der Waals surface area contributed by atoms with E-state index in [1.165, 1.54) is 0 Å². The van der Waals surface area contributed by atoms with Gasteiger partial charge in [0.25, 0.3) is 0 Å². The summed E-state index contributed by atoms with van der Waals surface area (Å²) in [5.41, 5.74) is 0. The van der Waals surface area contributed by atoms with Crippen molar-refractivity contribution in [3.8, 4) is 0 Å². The Kier molecular flexibility index (Phi) is 24.4. The zero-order valence-corrected chi connectivity index (χ0v) is 18.2. The lowest BCUT2D eigenvalue weighted by Crippen LogP contribution is -2.27. The molecule has 0 bridgehead atoms. The maximum absolute atomic E-state index is 9.08. The molecule has 0 aromatic heterocycles. The lowest BCUT2D eigenvalue weighted by Gasteiger charge is -2.20. The Morgan fingerprint density at radius 1 is 0.607 bits per heavy atom. The highest BCUT2D eigenvalue weighted by atomic mass is 16.6. The normalized spacial score (nSPS) is 15.4. The zero-order valence-electron chi connectivity index (χ0n) is 18.2. The smallest absolute Gasteiger partial charge is 0.0781 e. The molecule has 0 rings (SSSR count). The van der Waals surface area contributed by atoms with Crippen LogP contribution in [-0.4, -0.2) is 113 Å². The van der Waals surface area contributed by atoms with Gasteiger partial charge in [0.05, 0.1) is 90.5 Å². The van der Waals surface area contributed by atoms with Crippen molar-refractivity contribution in [1.29, 1.82) is 0 Å². The van der Waals surface area contributed by atoms with Gasteiger partial charge >= 0.3 is 0 Å². The first-order valence-electron chi connectivity index (χ1n) is 9.76. The van der Waals surface area contributed by atoms with Crippen molar-refractivity contribution in [3.63, 3.8) is 0 Å². The SMILES string of the molecule is COCC(C)OCC(C)OCC(C)OCC(C)O.OCCOCCOCCO. The van der Waals surface area contributed by atoms with Crippen LogP contribution in [0.15, 0.2) is 0 Å². The van der Waals surface area contributed by atoms with Crippen LogP contribution in [0.4, 0.5) is 0 Å². The molecule has 0 aliphatic rings. The van der Waals surface area contributed by atoms with Crippen molar-refractivity contribution in [2.45, 2.75) is 52.1 Å². The molecule has 0 fully saturated rings. The molecule has 0 heterocycles. The number of aliphatic hydroxyl groups is 3. The first-order chi connectivity index (χ1) is 13.4. The van der Waals surface area contributed by atoms with Crippen LogP contribution >= 0.6 is 0 Å². The lowest BCUT2D eigenvalue weighted by molar-refractivity contribution is -0.0844. The minimum atomic E-state index is -0.442. The summed E-state index contributed by atoms with van der Waals surface area (Å²) in [5, 5.41) is 25.6. The van der Waals surface area contributed by atoms with E-state index in [9.17, 15) is 0 Å². The van der Waals surface area contributed by atoms with Crippen molar-refractivity contribution >= 4 is 0 Å². The lowest BCUT2D eigenvalue weighted by atomic mass is 10.3. The summed E-state index contributed by atoms with van der Waals surface area (Å²) < 4.78 is 31.2. The highest BCUT2D eigenvalue weighted by Crippen LogP contribution is 2.01. The van der Waals surface area contributed by atoms with E-state index < -0.39 is 6.10 Å². The molecular formula is C19H42O9. The quantitative estimate of drug-likeness (QED) is 0.271. The van der Waals surface area contributed by atoms with Gasteiger partial charge in [0.1, 0.15) is 0 Å². The molecule has 0 aromatic rings. The second-order valence-corrected chi connectivity index (χ2v) is 6.41. The van der Waals surface area contributed by atoms with E-state index in [0.29, 0.717) is 52.9 Å². The first kappa shape index (κ1) is 29.8. The predicted octanol–water partition coefficient (Wildman–Crippen LogP) is 0.233. The molecule has 0 aromatic carbocycles. The van der Waals surface area contributed by atoms with Gasteiger partial charge in [-0.05, 0) is 27.7 Å². The minimum Gasteiger partial charge on any atom is -0.394 e. The van der Waals surface area contributed by atoms with E-state index >= 15 is 0 Å². The fourth-order valence-corrected chi connectivity index (χ4v) is 1.73. The number of ether oxygens (including phenoxy) is 6. The van der Waals surface area contributed by atoms with E-state index in [1.807, 2.05) is 20.8 Å². The highest BCUT2D eigenvalue weighted by molar-refractivity contribution is 4.55. The summed E-state index contributed by atoms with van der Waals surface area (Å²) in [5.74, 6) is 0. The van der Waals surface area contributed by atoms with Crippen LogP contribution in [0.1, 0.15) is 27.7 Å². The van der Waals surface area contributed by atoms with Crippen LogP contribution < -0.4 is 0 Å². The summed E-state index contributed by atoms with van der Waals surface area (Å²) in [7, 11) is 1.65. The Morgan fingerprint density at radius 2 is 1.00 bits per heavy atom. The van der Waals surface area contributed by atoms with Crippen LogP contribution in [0.5, 0.6) is 0 Å². The molecule has 172 valence electrons. The average Bonchev–Trinajstić information content (AvgIpc) is 2.66. The second-order valence-electron chi connectivity index (χ2n) is 6.41. The number of aliphatic hydroxyl groups excluding tert-OH is 3. The largest absolute Gasteiger partial charge is 0.394 e. The first-order valence-corrected chi connectivity index (χ1v) is 9.76. The maximum atomic E-state index is 9.08. The van der Waals surface area contributed by atoms with E-state index in [2.05, 4.69) is 0 Å². The van der Waals surface area contributed by atoms with Crippen molar-refractivity contribution < 1.29 is 43.7 Å². The van der Waals surface area contributed by atoms with E-state index in [4.69, 9.17) is 43.7 Å². The Bertz CT molecular complexity index is 285. The Balaban J connectivity index is 0. The third kappa shape index (κ3) is 25.6. The topological polar surface area (TPSA) is 116 Å². The molecule has 4 unspecified atom stereocenters. The molecule has 0 aliphatic carbocycles. The predicted molar refractivity (Wildman–Crippen MR) is 106 cm³/mol. The average molecular weight is 415 g/mol. The summed E-state index contributed by atoms with van der Waals surface area (Å²) in [6.45, 7) is 11.2. The van der Waals surface area contributed by atoms with E-state index in [0.717, 1.165) is 0 Å². The summed E-state index contributed by atoms with van der Waals surface area (Å²) in [4.78, 5) is 0. The van der Waals surface area contributed by atoms with Crippen LogP contribution in [0.25, 0.3) is 0 Å². The van der Waals surface area contributed by atoms with Crippen LogP contribution in [0, 0.1) is 0 Å². The van der Waals surface area contributed by atoms with Gasteiger partial charge in [-0.3, -0.25) is 0 Å². The molecule has 9 nitrogen and oxygen atoms in total. The number of hydrogen-bond acceptors (Lipinski definition) is 9. The van der Waals surface area contributed by atoms with Gasteiger partial charge in [0.2, 0.25) is 0 Å². The molecule has 3 N–H and O–H groups in total. The van der Waals surface area contributed by atoms with Crippen molar-refractivity contribution in [3.05, 3.63) is 0 Å². The third-order valence-corrected chi connectivity index (χ3v) is 3.10. The number of hydrogen-bond donors (Lipinski definition) is 3. The van der Waals surface area contributed by atoms with E-state index in [-0.39, 0.29) is 31.5 Å². The van der Waals surface area contributed by atoms with Gasteiger partial charge in [-0.25, -0.2) is 0 Å². The molecular weight excluding hydrogens is 372 g/mol. The van der Waals surface area contributed by atoms with Crippen LogP contribution in [0.2, 0.25) is 0 Å². The molecule has 0 spiro atoms. The minimum absolute atomic E-state index is 0.0157. The maximum Gasteiger partial charge on any atom is 0.0781 e. The van der Waals surface area contributed by atoms with Gasteiger partial charge in [-0.1, -0.05) is 0 Å². The molecule has 9 heteroatoms. The van der Waals surface area contributed by atoms with Gasteiger partial charge in [-0.15, -0.1) is 0 Å². The summed E-state index contributed by atoms with van der Waals surface area (Å²) >= 11 is 0. The second kappa shape index (κ2) is 22.9. The molecule has 0 aliphatic heterocycles. The fraction of sp³-hybridized carbons (Fsp3) is 1.00. The zero-order chi connectivity index (χ0) is 21.6. The Hall–Kier alpha value is -0.360. The summed E-state index contributed by atoms with van der Waals surface area (Å²) in [6, 6.07) is 0. The van der Waals surface area contributed by atoms with Crippen molar-refractivity contribution in [2.75, 3.05) is 73.2 Å². The molecule has 4 atom stereocenters. The molecule has 0 radical (unpaired) electrons. The van der Waals surface area contributed by atoms with E-state index in [1.54, 1.807) is 14.0 Å². The standard InChI is InChI=1S/C13H28O5.C6H14O4/c1-10(14)6-16-12(3)8-18-13(4)9-17-11(2)7-15-5;7-1-3-9-5-6-10-4-2-8/h10-14H,6-9H2,1-5H3;7-8H,1-6H2. The van der Waals surface area contributed by atoms with Gasteiger partial charge < -0.3 is 43.7 Å². The van der Waals surface area contributed by atoms with Crippen molar-refractivity contribution in [2.24, 2.45) is 0 Å². The Morgan fingerprint density at radius 3 is 1.36 bits per heavy atom. The van der Waals surface area contributed by atoms with Gasteiger partial charge in [0.15, 0.2) is 0 Å². The Labute approximate surface area is 169 Å². The highest BCUT2D eigenvalue weighted by Gasteiger charge is 2.10. The molecule has 0 amide bonds. The molecule has 0 saturated carbocycles.